The van der Waals surface area contributed by atoms with Crippen molar-refractivity contribution in [2.45, 2.75) is 25.8 Å². The van der Waals surface area contributed by atoms with Crippen LogP contribution >= 0.6 is 15.9 Å². The Morgan fingerprint density at radius 1 is 1.33 bits per heavy atom. The first-order valence-electron chi connectivity index (χ1n) is 8.75. The van der Waals surface area contributed by atoms with E-state index in [1.165, 1.54) is 5.56 Å². The minimum Gasteiger partial charge on any atom is -0.492 e. The lowest BCUT2D eigenvalue weighted by atomic mass is 10.2. The van der Waals surface area contributed by atoms with E-state index in [0.29, 0.717) is 19.1 Å². The van der Waals surface area contributed by atoms with E-state index in [0.717, 1.165) is 55.9 Å². The van der Waals surface area contributed by atoms with Gasteiger partial charge in [0.25, 0.3) is 0 Å². The molecule has 5 nitrogen and oxygen atoms in total. The number of nitrogens with one attached hydrogen (secondary N) is 1. The van der Waals surface area contributed by atoms with E-state index >= 15 is 0 Å². The maximum atomic E-state index is 12.4. The van der Waals surface area contributed by atoms with Gasteiger partial charge in [0.05, 0.1) is 17.5 Å². The Balaban J connectivity index is 1.42. The van der Waals surface area contributed by atoms with Gasteiger partial charge in [0.2, 0.25) is 5.91 Å². The van der Waals surface area contributed by atoms with Crippen LogP contribution in [-0.4, -0.2) is 67.6 Å². The van der Waals surface area contributed by atoms with Crippen LogP contribution in [0.25, 0.3) is 0 Å². The van der Waals surface area contributed by atoms with Gasteiger partial charge in [0, 0.05) is 45.3 Å². The topological polar surface area (TPSA) is 44.8 Å². The molecule has 1 N–H and O–H groups in total. The Kier molecular flexibility index (Phi) is 6.14. The molecular formula is C18H26BrN3O2. The second-order valence-corrected chi connectivity index (χ2v) is 7.45. The number of piperazine rings is 1. The number of halogens is 1. The molecule has 132 valence electrons. The predicted molar refractivity (Wildman–Crippen MR) is 98.4 cm³/mol. The number of hydrogen-bond acceptors (Lipinski definition) is 4. The molecule has 1 amide bonds. The predicted octanol–water partition coefficient (Wildman–Crippen LogP) is 2.03. The van der Waals surface area contributed by atoms with E-state index < -0.39 is 0 Å². The van der Waals surface area contributed by atoms with Gasteiger partial charge in [0.15, 0.2) is 0 Å². The van der Waals surface area contributed by atoms with Crippen LogP contribution in [0.5, 0.6) is 5.75 Å². The van der Waals surface area contributed by atoms with Gasteiger partial charge >= 0.3 is 0 Å². The summed E-state index contributed by atoms with van der Waals surface area (Å²) >= 11 is 3.50. The van der Waals surface area contributed by atoms with Crippen LogP contribution in [0.1, 0.15) is 18.4 Å². The molecule has 2 aliphatic rings. The lowest BCUT2D eigenvalue weighted by molar-refractivity contribution is -0.130. The van der Waals surface area contributed by atoms with E-state index in [1.807, 2.05) is 30.0 Å². The summed E-state index contributed by atoms with van der Waals surface area (Å²) in [5, 5.41) is 3.38. The molecule has 1 atom stereocenters. The average Bonchev–Trinajstić information content (AvgIpc) is 3.08. The Morgan fingerprint density at radius 3 is 2.88 bits per heavy atom. The maximum absolute atomic E-state index is 12.4. The monoisotopic (exact) mass is 395 g/mol. The summed E-state index contributed by atoms with van der Waals surface area (Å²) in [4.78, 5) is 16.9. The number of aryl methyl sites for hydroxylation is 1. The molecule has 0 aliphatic carbocycles. The Morgan fingerprint density at radius 2 is 2.12 bits per heavy atom. The molecule has 0 radical (unpaired) electrons. The molecule has 3 rings (SSSR count). The summed E-state index contributed by atoms with van der Waals surface area (Å²) in [5.74, 6) is 1.00. The molecule has 2 aliphatic heterocycles. The Bertz CT molecular complexity index is 575. The molecule has 0 spiro atoms. The fraction of sp³-hybridized carbons (Fsp3) is 0.611. The number of ether oxygens (including phenoxy) is 1. The summed E-state index contributed by atoms with van der Waals surface area (Å²) in [6.07, 6.45) is 1.53. The van der Waals surface area contributed by atoms with Crippen molar-refractivity contribution in [3.63, 3.8) is 0 Å². The molecule has 0 aromatic heterocycles. The smallest absolute Gasteiger partial charge is 0.226 e. The van der Waals surface area contributed by atoms with Crippen LogP contribution in [0.15, 0.2) is 22.7 Å². The van der Waals surface area contributed by atoms with Crippen molar-refractivity contribution in [1.82, 2.24) is 15.1 Å². The van der Waals surface area contributed by atoms with Crippen LogP contribution < -0.4 is 10.1 Å². The van der Waals surface area contributed by atoms with Gasteiger partial charge in [-0.15, -0.1) is 0 Å². The number of amides is 1. The number of likely N-dealkylation sites (tertiary alicyclic amines) is 1. The first-order valence-corrected chi connectivity index (χ1v) is 9.54. The van der Waals surface area contributed by atoms with E-state index in [9.17, 15) is 4.79 Å². The van der Waals surface area contributed by atoms with E-state index in [-0.39, 0.29) is 5.91 Å². The molecule has 2 heterocycles. The molecule has 2 fully saturated rings. The zero-order chi connectivity index (χ0) is 16.9. The molecule has 0 bridgehead atoms. The Hall–Kier alpha value is -1.11. The zero-order valence-corrected chi connectivity index (χ0v) is 15.8. The van der Waals surface area contributed by atoms with Crippen molar-refractivity contribution in [2.75, 3.05) is 45.9 Å². The molecular weight excluding hydrogens is 370 g/mol. The highest BCUT2D eigenvalue weighted by Crippen LogP contribution is 2.26. The van der Waals surface area contributed by atoms with Gasteiger partial charge in [-0.25, -0.2) is 0 Å². The van der Waals surface area contributed by atoms with Crippen LogP contribution in [0, 0.1) is 6.92 Å². The fourth-order valence-corrected chi connectivity index (χ4v) is 4.05. The van der Waals surface area contributed by atoms with E-state index in [2.05, 4.69) is 26.1 Å². The van der Waals surface area contributed by atoms with Gasteiger partial charge in [0.1, 0.15) is 5.75 Å². The molecule has 1 aromatic carbocycles. The lowest BCUT2D eigenvalue weighted by Gasteiger charge is -2.32. The summed E-state index contributed by atoms with van der Waals surface area (Å²) in [6.45, 7) is 8.52. The standard InChI is InChI=1S/C18H26BrN3O2/c1-14-2-3-17(16(19)12-14)24-11-5-18(23)22-8-4-15(13-22)21-9-6-20-7-10-21/h2-3,12,15,20H,4-11,13H2,1H3. The van der Waals surface area contributed by atoms with Crippen LogP contribution in [-0.2, 0) is 4.79 Å². The molecule has 2 saturated heterocycles. The van der Waals surface area contributed by atoms with Crippen molar-refractivity contribution in [3.8, 4) is 5.75 Å². The first kappa shape index (κ1) is 17.7. The third kappa shape index (κ3) is 4.49. The van der Waals surface area contributed by atoms with Gasteiger partial charge in [-0.05, 0) is 47.0 Å². The van der Waals surface area contributed by atoms with Crippen molar-refractivity contribution >= 4 is 21.8 Å². The van der Waals surface area contributed by atoms with Gasteiger partial charge in [-0.3, -0.25) is 9.69 Å². The van der Waals surface area contributed by atoms with Gasteiger partial charge < -0.3 is 15.0 Å². The Labute approximate surface area is 152 Å². The van der Waals surface area contributed by atoms with Crippen molar-refractivity contribution < 1.29 is 9.53 Å². The van der Waals surface area contributed by atoms with Crippen LogP contribution in [0.2, 0.25) is 0 Å². The zero-order valence-electron chi connectivity index (χ0n) is 14.3. The number of carbonyl (C=O) groups is 1. The SMILES string of the molecule is Cc1ccc(OCCC(=O)N2CCC(N3CCNCC3)C2)c(Br)c1. The first-order chi connectivity index (χ1) is 11.6. The molecule has 0 saturated carbocycles. The molecule has 6 heteroatoms. The highest BCUT2D eigenvalue weighted by Gasteiger charge is 2.30. The number of benzene rings is 1. The summed E-state index contributed by atoms with van der Waals surface area (Å²) < 4.78 is 6.69. The lowest BCUT2D eigenvalue weighted by Crippen LogP contribution is -2.49. The fourth-order valence-electron chi connectivity index (χ4n) is 3.44. The summed E-state index contributed by atoms with van der Waals surface area (Å²) in [7, 11) is 0. The highest BCUT2D eigenvalue weighted by molar-refractivity contribution is 9.10. The minimum absolute atomic E-state index is 0.205. The molecule has 24 heavy (non-hydrogen) atoms. The summed E-state index contributed by atoms with van der Waals surface area (Å²) in [5.41, 5.74) is 1.18. The van der Waals surface area contributed by atoms with Crippen LogP contribution in [0.3, 0.4) is 0 Å². The quantitative estimate of drug-likeness (QED) is 0.828. The molecule has 1 aromatic rings. The van der Waals surface area contributed by atoms with Gasteiger partial charge in [-0.2, -0.15) is 0 Å². The highest BCUT2D eigenvalue weighted by atomic mass is 79.9. The van der Waals surface area contributed by atoms with E-state index in [1.54, 1.807) is 0 Å². The number of carbonyl (C=O) groups excluding carboxylic acids is 1. The van der Waals surface area contributed by atoms with Crippen molar-refractivity contribution in [3.05, 3.63) is 28.2 Å². The largest absolute Gasteiger partial charge is 0.492 e. The third-order valence-electron chi connectivity index (χ3n) is 4.84. The van der Waals surface area contributed by atoms with E-state index in [4.69, 9.17) is 4.74 Å². The van der Waals surface area contributed by atoms with Crippen molar-refractivity contribution in [2.24, 2.45) is 0 Å². The second kappa shape index (κ2) is 8.32. The second-order valence-electron chi connectivity index (χ2n) is 6.60. The van der Waals surface area contributed by atoms with Crippen molar-refractivity contribution in [1.29, 1.82) is 0 Å². The third-order valence-corrected chi connectivity index (χ3v) is 5.46. The minimum atomic E-state index is 0.205. The normalized spacial score (nSPS) is 21.9. The maximum Gasteiger partial charge on any atom is 0.226 e. The number of nitrogens with zero attached hydrogens (tertiary/aromatic N) is 2. The molecule has 1 unspecified atom stereocenters. The number of hydrogen-bond donors (Lipinski definition) is 1. The summed E-state index contributed by atoms with van der Waals surface area (Å²) in [6, 6.07) is 6.51. The van der Waals surface area contributed by atoms with Gasteiger partial charge in [-0.1, -0.05) is 6.07 Å². The average molecular weight is 396 g/mol. The van der Waals surface area contributed by atoms with Crippen LogP contribution in [0.4, 0.5) is 0 Å². The number of rotatable bonds is 5.